The van der Waals surface area contributed by atoms with E-state index in [1.54, 1.807) is 6.92 Å². The summed E-state index contributed by atoms with van der Waals surface area (Å²) in [5, 5.41) is 10.1. The molecule has 0 radical (unpaired) electrons. The summed E-state index contributed by atoms with van der Waals surface area (Å²) in [6, 6.07) is -1.31. The quantitative estimate of drug-likeness (QED) is 0.213. The topological polar surface area (TPSA) is 117 Å². The molecule has 270 valence electrons. The number of hydrogen-bond donors (Lipinski definition) is 3. The zero-order valence-corrected chi connectivity index (χ0v) is 31.3. The number of nitrogens with one attached hydrogen (secondary N) is 3. The van der Waals surface area contributed by atoms with Gasteiger partial charge < -0.3 is 20.3 Å². The molecule has 3 rings (SSSR count). The Balaban J connectivity index is 1.67. The third kappa shape index (κ3) is 11.6. The lowest BCUT2D eigenvalue weighted by molar-refractivity contribution is -0.168. The largest absolute Gasteiger partial charge is 0.364 e. The van der Waals surface area contributed by atoms with Crippen LogP contribution in [0.5, 0.6) is 0 Å². The van der Waals surface area contributed by atoms with Crippen LogP contribution in [0.4, 0.5) is 0 Å². The highest BCUT2D eigenvalue weighted by Crippen LogP contribution is 2.37. The van der Waals surface area contributed by atoms with Crippen LogP contribution >= 0.6 is 0 Å². The first kappa shape index (κ1) is 39.6. The minimum atomic E-state index is -0.922. The van der Waals surface area contributed by atoms with Crippen molar-refractivity contribution in [3.05, 3.63) is 0 Å². The monoisotopic (exact) mass is 661 g/mol. The van der Waals surface area contributed by atoms with Crippen molar-refractivity contribution < 1.29 is 23.9 Å². The summed E-state index contributed by atoms with van der Waals surface area (Å²) in [6.07, 6.45) is 10.9. The highest BCUT2D eigenvalue weighted by Gasteiger charge is 2.47. The summed E-state index contributed by atoms with van der Waals surface area (Å²) < 4.78 is 6.75. The molecule has 1 saturated heterocycles. The van der Waals surface area contributed by atoms with Crippen molar-refractivity contribution in [3.63, 3.8) is 0 Å². The molecule has 2 atom stereocenters. The minimum Gasteiger partial charge on any atom is -0.364 e. The Morgan fingerprint density at radius 3 is 1.89 bits per heavy atom. The molecule has 3 N–H and O–H groups in total. The van der Waals surface area contributed by atoms with Crippen LogP contribution in [-0.4, -0.2) is 82.8 Å². The number of ether oxygens (including phenoxy) is 1. The number of piperidine rings is 1. The second-order valence-corrected chi connectivity index (χ2v) is 17.4. The van der Waals surface area contributed by atoms with Crippen LogP contribution in [0.1, 0.15) is 152 Å². The van der Waals surface area contributed by atoms with E-state index < -0.39 is 23.2 Å². The van der Waals surface area contributed by atoms with Crippen molar-refractivity contribution in [3.8, 4) is 0 Å². The van der Waals surface area contributed by atoms with Gasteiger partial charge in [-0.3, -0.25) is 24.5 Å². The number of carbonyl (C=O) groups excluding carboxylic acids is 4. The van der Waals surface area contributed by atoms with Crippen molar-refractivity contribution in [2.75, 3.05) is 19.6 Å². The van der Waals surface area contributed by atoms with Crippen LogP contribution in [0.3, 0.4) is 0 Å². The zero-order valence-electron chi connectivity index (χ0n) is 31.3. The standard InChI is InChI=1S/C38H68N4O5/c1-27(2)32(41-37(19-12-10-13-20-37)30(43)16-23-39-36(7,8)9)34(46)40-28(3)33(45)38(21-14-11-15-22-38)47-29-17-24-42(25-18-29)31(44)26-35(4,5)6/h27-29,32,39,41H,10-26H2,1-9H3,(H,40,46)/t28-,32-/m0/s1. The van der Waals surface area contributed by atoms with Crippen molar-refractivity contribution in [1.82, 2.24) is 20.9 Å². The molecule has 0 spiro atoms. The van der Waals surface area contributed by atoms with Crippen LogP contribution < -0.4 is 16.0 Å². The van der Waals surface area contributed by atoms with Crippen molar-refractivity contribution in [2.45, 2.75) is 187 Å². The second-order valence-electron chi connectivity index (χ2n) is 17.4. The Kier molecular flexibility index (Phi) is 14.1. The lowest BCUT2D eigenvalue weighted by atomic mass is 9.76. The van der Waals surface area contributed by atoms with Crippen molar-refractivity contribution in [1.29, 1.82) is 0 Å². The van der Waals surface area contributed by atoms with E-state index in [9.17, 15) is 19.2 Å². The van der Waals surface area contributed by atoms with Gasteiger partial charge in [0.05, 0.1) is 23.7 Å². The maximum atomic E-state index is 14.2. The summed E-state index contributed by atoms with van der Waals surface area (Å²) in [4.78, 5) is 56.6. The smallest absolute Gasteiger partial charge is 0.238 e. The fourth-order valence-corrected chi connectivity index (χ4v) is 7.70. The molecule has 0 aromatic heterocycles. The van der Waals surface area contributed by atoms with Gasteiger partial charge in [0.25, 0.3) is 0 Å². The average Bonchev–Trinajstić information content (AvgIpc) is 2.99. The van der Waals surface area contributed by atoms with Crippen molar-refractivity contribution in [2.24, 2.45) is 11.3 Å². The lowest BCUT2D eigenvalue weighted by Crippen LogP contribution is -2.64. The minimum absolute atomic E-state index is 0.0518. The molecule has 1 aliphatic heterocycles. The van der Waals surface area contributed by atoms with Crippen molar-refractivity contribution >= 4 is 23.4 Å². The normalized spacial score (nSPS) is 22.0. The third-order valence-electron chi connectivity index (χ3n) is 10.4. The molecule has 3 aliphatic rings. The van der Waals surface area contributed by atoms with Gasteiger partial charge >= 0.3 is 0 Å². The first-order chi connectivity index (χ1) is 21.9. The molecule has 1 heterocycles. The number of Topliss-reactive ketones (excluding diaryl/α,β-unsaturated/α-hetero) is 2. The number of amides is 2. The number of carbonyl (C=O) groups is 4. The molecular weight excluding hydrogens is 592 g/mol. The second kappa shape index (κ2) is 16.7. The van der Waals surface area contributed by atoms with Crippen LogP contribution in [0.15, 0.2) is 0 Å². The molecule has 0 unspecified atom stereocenters. The van der Waals surface area contributed by atoms with Gasteiger partial charge in [-0.2, -0.15) is 0 Å². The van der Waals surface area contributed by atoms with Crippen LogP contribution in [0, 0.1) is 11.3 Å². The first-order valence-electron chi connectivity index (χ1n) is 18.7. The first-order valence-corrected chi connectivity index (χ1v) is 18.7. The lowest BCUT2D eigenvalue weighted by Gasteiger charge is -2.43. The highest BCUT2D eigenvalue weighted by atomic mass is 16.5. The summed E-state index contributed by atoms with van der Waals surface area (Å²) >= 11 is 0. The maximum Gasteiger partial charge on any atom is 0.238 e. The van der Waals surface area contributed by atoms with Crippen LogP contribution in [0.25, 0.3) is 0 Å². The van der Waals surface area contributed by atoms with E-state index >= 15 is 0 Å². The molecule has 2 saturated carbocycles. The predicted octanol–water partition coefficient (Wildman–Crippen LogP) is 5.87. The Morgan fingerprint density at radius 1 is 0.830 bits per heavy atom. The molecule has 2 aliphatic carbocycles. The molecule has 9 heteroatoms. The Labute approximate surface area is 285 Å². The van der Waals surface area contributed by atoms with E-state index in [2.05, 4.69) is 57.5 Å². The number of likely N-dealkylation sites (tertiary alicyclic amines) is 1. The van der Waals surface area contributed by atoms with Crippen LogP contribution in [-0.2, 0) is 23.9 Å². The number of ketones is 2. The number of rotatable bonds is 14. The molecular formula is C38H68N4O5. The van der Waals surface area contributed by atoms with Gasteiger partial charge in [-0.05, 0) is 77.6 Å². The van der Waals surface area contributed by atoms with E-state index in [1.807, 2.05) is 18.7 Å². The fourth-order valence-electron chi connectivity index (χ4n) is 7.70. The van der Waals surface area contributed by atoms with E-state index in [-0.39, 0.29) is 46.4 Å². The molecule has 2 amide bonds. The van der Waals surface area contributed by atoms with Gasteiger partial charge in [0.1, 0.15) is 5.60 Å². The highest BCUT2D eigenvalue weighted by molar-refractivity contribution is 5.96. The SMILES string of the molecule is CC(C)[C@H](NC1(C(=O)CCNC(C)(C)C)CCCCC1)C(=O)N[C@@H](C)C(=O)C1(OC2CCN(C(=O)CC(C)(C)C)CC2)CCCCC1. The summed E-state index contributed by atoms with van der Waals surface area (Å²) in [5.74, 6) is -0.0127. The van der Waals surface area contributed by atoms with Gasteiger partial charge in [-0.15, -0.1) is 0 Å². The molecule has 0 aromatic rings. The van der Waals surface area contributed by atoms with E-state index in [4.69, 9.17) is 4.74 Å². The molecule has 0 bridgehead atoms. The van der Waals surface area contributed by atoms with Gasteiger partial charge in [0, 0.05) is 38.0 Å². The van der Waals surface area contributed by atoms with E-state index in [0.717, 1.165) is 51.4 Å². The summed E-state index contributed by atoms with van der Waals surface area (Å²) in [6.45, 7) is 20.2. The van der Waals surface area contributed by atoms with Crippen LogP contribution in [0.2, 0.25) is 0 Å². The van der Waals surface area contributed by atoms with Gasteiger partial charge in [-0.25, -0.2) is 0 Å². The van der Waals surface area contributed by atoms with E-state index in [0.29, 0.717) is 58.2 Å². The molecule has 3 fully saturated rings. The molecule has 9 nitrogen and oxygen atoms in total. The Morgan fingerprint density at radius 2 is 1.38 bits per heavy atom. The summed E-state index contributed by atoms with van der Waals surface area (Å²) in [5.41, 5.74) is -1.77. The fraction of sp³-hybridized carbons (Fsp3) is 0.895. The Bertz CT molecular complexity index is 1050. The molecule has 47 heavy (non-hydrogen) atoms. The van der Waals surface area contributed by atoms with Gasteiger partial charge in [0.2, 0.25) is 11.8 Å². The summed E-state index contributed by atoms with van der Waals surface area (Å²) in [7, 11) is 0. The third-order valence-corrected chi connectivity index (χ3v) is 10.4. The Hall–Kier alpha value is -1.84. The van der Waals surface area contributed by atoms with Gasteiger partial charge in [0.15, 0.2) is 11.6 Å². The van der Waals surface area contributed by atoms with Gasteiger partial charge in [-0.1, -0.05) is 73.1 Å². The molecule has 0 aromatic carbocycles. The predicted molar refractivity (Wildman–Crippen MR) is 188 cm³/mol. The number of nitrogens with zero attached hydrogens (tertiary/aromatic N) is 1. The zero-order chi connectivity index (χ0) is 35.0. The van der Waals surface area contributed by atoms with E-state index in [1.165, 1.54) is 0 Å². The average molecular weight is 661 g/mol. The maximum absolute atomic E-state index is 14.2. The number of hydrogen-bond acceptors (Lipinski definition) is 7.